The Bertz CT molecular complexity index is 409. The van der Waals surface area contributed by atoms with Gasteiger partial charge in [-0.05, 0) is 13.0 Å². The van der Waals surface area contributed by atoms with Gasteiger partial charge < -0.3 is 20.5 Å². The molecular weight excluding hydrogens is 232 g/mol. The number of amides is 1. The van der Waals surface area contributed by atoms with Crippen molar-refractivity contribution in [3.63, 3.8) is 0 Å². The molecule has 5 heteroatoms. The van der Waals surface area contributed by atoms with E-state index in [2.05, 4.69) is 0 Å². The monoisotopic (exact) mass is 252 g/mol. The summed E-state index contributed by atoms with van der Waals surface area (Å²) in [5.74, 6) is -0.0439. The highest BCUT2D eigenvalue weighted by molar-refractivity contribution is 5.82. The zero-order valence-electron chi connectivity index (χ0n) is 11.0. The zero-order valence-corrected chi connectivity index (χ0v) is 11.0. The van der Waals surface area contributed by atoms with Crippen molar-refractivity contribution >= 4 is 5.91 Å². The molecule has 3 N–H and O–H groups in total. The molecule has 2 atom stereocenters. The van der Waals surface area contributed by atoms with Gasteiger partial charge in [0.1, 0.15) is 11.8 Å². The molecule has 1 amide bonds. The Labute approximate surface area is 107 Å². The smallest absolute Gasteiger partial charge is 0.242 e. The van der Waals surface area contributed by atoms with E-state index < -0.39 is 6.04 Å². The number of hydrogen-bond acceptors (Lipinski definition) is 4. The Balaban J connectivity index is 2.81. The molecule has 0 bridgehead atoms. The average Bonchev–Trinajstić information content (AvgIpc) is 2.37. The number of carbonyl (C=O) groups excluding carboxylic acids is 1. The minimum absolute atomic E-state index is 0.171. The van der Waals surface area contributed by atoms with Gasteiger partial charge in [-0.3, -0.25) is 4.79 Å². The van der Waals surface area contributed by atoms with Crippen molar-refractivity contribution in [2.45, 2.75) is 19.0 Å². The summed E-state index contributed by atoms with van der Waals surface area (Å²) in [5.41, 5.74) is 6.40. The molecule has 1 aromatic carbocycles. The van der Waals surface area contributed by atoms with Gasteiger partial charge in [0.25, 0.3) is 0 Å². The van der Waals surface area contributed by atoms with Crippen LogP contribution in [0.25, 0.3) is 0 Å². The highest BCUT2D eigenvalue weighted by atomic mass is 16.5. The summed E-state index contributed by atoms with van der Waals surface area (Å²) in [5, 5.41) is 9.76. The third-order valence-corrected chi connectivity index (χ3v) is 2.98. The number of methoxy groups -OCH3 is 1. The standard InChI is InChI=1S/C13H20N2O3/c1-9(10-6-4-5-7-12(10)16)15(2)13(17)11(14)8-18-3/h4-7,9,11,16H,8,14H2,1-3H3. The molecule has 18 heavy (non-hydrogen) atoms. The number of para-hydroxylation sites is 1. The van der Waals surface area contributed by atoms with Crippen LogP contribution in [0.5, 0.6) is 5.75 Å². The number of nitrogens with zero attached hydrogens (tertiary/aromatic N) is 1. The maximum absolute atomic E-state index is 12.0. The molecule has 100 valence electrons. The van der Waals surface area contributed by atoms with Gasteiger partial charge in [-0.25, -0.2) is 0 Å². The molecule has 0 aliphatic carbocycles. The molecule has 0 radical (unpaired) electrons. The summed E-state index contributed by atoms with van der Waals surface area (Å²) < 4.78 is 4.86. The lowest BCUT2D eigenvalue weighted by Crippen LogP contribution is -2.45. The number of ether oxygens (including phenoxy) is 1. The summed E-state index contributed by atoms with van der Waals surface area (Å²) >= 11 is 0. The van der Waals surface area contributed by atoms with Crippen LogP contribution in [0.4, 0.5) is 0 Å². The number of hydrogen-bond donors (Lipinski definition) is 2. The van der Waals surface area contributed by atoms with Crippen molar-refractivity contribution in [1.29, 1.82) is 0 Å². The Morgan fingerprint density at radius 3 is 2.67 bits per heavy atom. The zero-order chi connectivity index (χ0) is 13.7. The Morgan fingerprint density at radius 1 is 1.50 bits per heavy atom. The van der Waals surface area contributed by atoms with Crippen molar-refractivity contribution in [2.75, 3.05) is 20.8 Å². The van der Waals surface area contributed by atoms with Crippen molar-refractivity contribution in [2.24, 2.45) is 5.73 Å². The first-order valence-electron chi connectivity index (χ1n) is 5.78. The van der Waals surface area contributed by atoms with Gasteiger partial charge in [-0.2, -0.15) is 0 Å². The lowest BCUT2D eigenvalue weighted by atomic mass is 10.1. The predicted octanol–water partition coefficient (Wildman–Crippen LogP) is 0.885. The van der Waals surface area contributed by atoms with E-state index in [1.807, 2.05) is 13.0 Å². The van der Waals surface area contributed by atoms with E-state index in [1.165, 1.54) is 12.0 Å². The first kappa shape index (κ1) is 14.5. The Morgan fingerprint density at radius 2 is 2.11 bits per heavy atom. The first-order chi connectivity index (χ1) is 8.49. The highest BCUT2D eigenvalue weighted by Crippen LogP contribution is 2.27. The van der Waals surface area contributed by atoms with Crippen LogP contribution in [-0.4, -0.2) is 42.7 Å². The van der Waals surface area contributed by atoms with Crippen LogP contribution in [-0.2, 0) is 9.53 Å². The summed E-state index contributed by atoms with van der Waals surface area (Å²) in [6.45, 7) is 2.02. The number of rotatable bonds is 5. The number of phenolic OH excluding ortho intramolecular Hbond substituents is 1. The second-order valence-corrected chi connectivity index (χ2v) is 4.25. The molecule has 0 saturated carbocycles. The van der Waals surface area contributed by atoms with E-state index in [4.69, 9.17) is 10.5 Å². The summed E-state index contributed by atoms with van der Waals surface area (Å²) in [7, 11) is 3.16. The predicted molar refractivity (Wildman–Crippen MR) is 69.1 cm³/mol. The van der Waals surface area contributed by atoms with Gasteiger partial charge in [0, 0.05) is 19.7 Å². The largest absolute Gasteiger partial charge is 0.508 e. The third-order valence-electron chi connectivity index (χ3n) is 2.98. The molecule has 0 aliphatic rings. The molecule has 1 rings (SSSR count). The van der Waals surface area contributed by atoms with E-state index in [1.54, 1.807) is 25.2 Å². The fourth-order valence-corrected chi connectivity index (χ4v) is 1.75. The minimum atomic E-state index is -0.687. The Hall–Kier alpha value is -1.59. The summed E-state index contributed by atoms with van der Waals surface area (Å²) in [4.78, 5) is 13.5. The second kappa shape index (κ2) is 6.37. The number of aromatic hydroxyl groups is 1. The lowest BCUT2D eigenvalue weighted by molar-refractivity contribution is -0.134. The van der Waals surface area contributed by atoms with E-state index in [0.29, 0.717) is 5.56 Å². The van der Waals surface area contributed by atoms with E-state index in [-0.39, 0.29) is 24.3 Å². The molecule has 0 heterocycles. The average molecular weight is 252 g/mol. The van der Waals surface area contributed by atoms with Crippen LogP contribution in [0.15, 0.2) is 24.3 Å². The van der Waals surface area contributed by atoms with Crippen LogP contribution in [0.1, 0.15) is 18.5 Å². The maximum atomic E-state index is 12.0. The van der Waals surface area contributed by atoms with Crippen molar-refractivity contribution < 1.29 is 14.6 Å². The van der Waals surface area contributed by atoms with Gasteiger partial charge in [0.05, 0.1) is 12.6 Å². The van der Waals surface area contributed by atoms with Gasteiger partial charge >= 0.3 is 0 Å². The molecule has 2 unspecified atom stereocenters. The number of likely N-dealkylation sites (N-methyl/N-ethyl adjacent to an activating group) is 1. The summed E-state index contributed by atoms with van der Waals surface area (Å²) in [6.07, 6.45) is 0. The molecule has 5 nitrogen and oxygen atoms in total. The topological polar surface area (TPSA) is 75.8 Å². The van der Waals surface area contributed by atoms with Crippen molar-refractivity contribution in [1.82, 2.24) is 4.90 Å². The quantitative estimate of drug-likeness (QED) is 0.816. The number of phenols is 1. The molecule has 0 aromatic heterocycles. The molecule has 1 aromatic rings. The van der Waals surface area contributed by atoms with Crippen molar-refractivity contribution in [3.8, 4) is 5.75 Å². The van der Waals surface area contributed by atoms with Gasteiger partial charge in [0.15, 0.2) is 0 Å². The Kier molecular flexibility index (Phi) is 5.12. The van der Waals surface area contributed by atoms with E-state index in [9.17, 15) is 9.90 Å². The van der Waals surface area contributed by atoms with Gasteiger partial charge in [-0.1, -0.05) is 18.2 Å². The molecular formula is C13H20N2O3. The maximum Gasteiger partial charge on any atom is 0.242 e. The number of benzene rings is 1. The molecule has 0 fully saturated rings. The van der Waals surface area contributed by atoms with E-state index in [0.717, 1.165) is 0 Å². The van der Waals surface area contributed by atoms with Gasteiger partial charge in [0.2, 0.25) is 5.91 Å². The van der Waals surface area contributed by atoms with Crippen LogP contribution in [0, 0.1) is 0 Å². The SMILES string of the molecule is COCC(N)C(=O)N(C)C(C)c1ccccc1O. The second-order valence-electron chi connectivity index (χ2n) is 4.25. The minimum Gasteiger partial charge on any atom is -0.508 e. The van der Waals surface area contributed by atoms with Crippen molar-refractivity contribution in [3.05, 3.63) is 29.8 Å². The lowest BCUT2D eigenvalue weighted by Gasteiger charge is -2.28. The van der Waals surface area contributed by atoms with Crippen LogP contribution < -0.4 is 5.73 Å². The fraction of sp³-hybridized carbons (Fsp3) is 0.462. The normalized spacial score (nSPS) is 14.0. The van der Waals surface area contributed by atoms with E-state index >= 15 is 0 Å². The first-order valence-corrected chi connectivity index (χ1v) is 5.78. The number of carbonyl (C=O) groups is 1. The van der Waals surface area contributed by atoms with Gasteiger partial charge in [-0.15, -0.1) is 0 Å². The third kappa shape index (κ3) is 3.21. The highest BCUT2D eigenvalue weighted by Gasteiger charge is 2.24. The van der Waals surface area contributed by atoms with Crippen LogP contribution in [0.2, 0.25) is 0 Å². The molecule has 0 spiro atoms. The summed E-state index contributed by atoms with van der Waals surface area (Å²) in [6, 6.07) is 6.00. The van der Waals surface area contributed by atoms with Crippen LogP contribution in [0.3, 0.4) is 0 Å². The number of nitrogens with two attached hydrogens (primary N) is 1. The molecule has 0 saturated heterocycles. The van der Waals surface area contributed by atoms with Crippen LogP contribution >= 0.6 is 0 Å². The molecule has 0 aliphatic heterocycles. The fourth-order valence-electron chi connectivity index (χ4n) is 1.75.